The minimum Gasteiger partial charge on any atom is -0.480 e. The van der Waals surface area contributed by atoms with E-state index >= 15 is 0 Å². The van der Waals surface area contributed by atoms with Gasteiger partial charge in [0, 0.05) is 54.7 Å². The van der Waals surface area contributed by atoms with Gasteiger partial charge in [-0.05, 0) is 131 Å². The molecule has 0 aliphatic carbocycles. The summed E-state index contributed by atoms with van der Waals surface area (Å²) in [4.78, 5) is 192. The van der Waals surface area contributed by atoms with E-state index in [1.54, 1.807) is 98.0 Å². The van der Waals surface area contributed by atoms with Gasteiger partial charge in [0.15, 0.2) is 0 Å². The van der Waals surface area contributed by atoms with Crippen LogP contribution in [0, 0.1) is 23.7 Å². The van der Waals surface area contributed by atoms with Gasteiger partial charge in [0.2, 0.25) is 70.9 Å². The normalized spacial score (nSPS) is 14.8. The number of carbonyl (C=O) groups is 13. The molecule has 0 unspecified atom stereocenters. The first-order valence-corrected chi connectivity index (χ1v) is 37.1. The Morgan fingerprint density at radius 2 is 0.944 bits per heavy atom. The number of carbonyl (C=O) groups excluding carboxylic acids is 12. The number of hydrogen-bond donors (Lipinski definition) is 19. The van der Waals surface area contributed by atoms with E-state index in [0.717, 1.165) is 10.9 Å². The first-order chi connectivity index (χ1) is 50.9. The summed E-state index contributed by atoms with van der Waals surface area (Å²) in [6.45, 7) is 14.4. The Labute approximate surface area is 625 Å². The minimum atomic E-state index is -1.58. The van der Waals surface area contributed by atoms with Crippen LogP contribution in [-0.4, -0.2) is 190 Å². The van der Waals surface area contributed by atoms with Gasteiger partial charge in [0.05, 0.1) is 18.9 Å². The number of rotatable bonds is 51. The van der Waals surface area contributed by atoms with Crippen LogP contribution in [0.25, 0.3) is 10.9 Å². The Kier molecular flexibility index (Phi) is 39.3. The van der Waals surface area contributed by atoms with Crippen LogP contribution in [0.5, 0.6) is 0 Å². The molecule has 592 valence electrons. The molecule has 4 aromatic rings. The predicted octanol–water partition coefficient (Wildman–Crippen LogP) is -0.258. The van der Waals surface area contributed by atoms with Crippen LogP contribution in [0.1, 0.15) is 162 Å². The average Bonchev–Trinajstić information content (AvgIpc) is 1.75. The molecule has 12 atom stereocenters. The molecule has 2 heterocycles. The monoisotopic (exact) mass is 1500 g/mol. The van der Waals surface area contributed by atoms with Crippen LogP contribution in [0.15, 0.2) is 73.3 Å². The van der Waals surface area contributed by atoms with Gasteiger partial charge in [-0.15, -0.1) is 0 Å². The fourth-order valence-electron chi connectivity index (χ4n) is 11.9. The van der Waals surface area contributed by atoms with E-state index in [-0.39, 0.29) is 69.7 Å². The molecule has 4 rings (SSSR count). The van der Waals surface area contributed by atoms with Crippen molar-refractivity contribution in [1.29, 1.82) is 0 Å². The molecule has 0 saturated heterocycles. The highest BCUT2D eigenvalue weighted by molar-refractivity contribution is 6.00. The lowest BCUT2D eigenvalue weighted by molar-refractivity contribution is -0.142. The lowest BCUT2D eigenvalue weighted by Crippen LogP contribution is -2.61. The van der Waals surface area contributed by atoms with Crippen molar-refractivity contribution in [2.75, 3.05) is 26.2 Å². The maximum absolute atomic E-state index is 14.8. The topological polar surface area (TPSA) is 549 Å². The third kappa shape index (κ3) is 31.6. The number of aromatic amines is 2. The molecule has 2 aromatic heterocycles. The Morgan fingerprint density at radius 3 is 1.48 bits per heavy atom. The second kappa shape index (κ2) is 47.0. The summed E-state index contributed by atoms with van der Waals surface area (Å²) in [5, 5.41) is 40.4. The van der Waals surface area contributed by atoms with Crippen LogP contribution < -0.4 is 87.2 Å². The number of imidazole rings is 1. The number of aliphatic carboxylic acids is 1. The number of nitrogens with two attached hydrogens (primary N) is 5. The summed E-state index contributed by atoms with van der Waals surface area (Å²) in [6, 6.07) is 1.34. The number of primary amides is 1. The molecular formula is C74H117N19O14. The van der Waals surface area contributed by atoms with E-state index in [1.165, 1.54) is 12.5 Å². The van der Waals surface area contributed by atoms with Crippen LogP contribution in [-0.2, 0) is 81.6 Å². The van der Waals surface area contributed by atoms with Crippen LogP contribution in [0.3, 0.4) is 0 Å². The molecule has 33 nitrogen and oxygen atoms in total. The number of H-pyrrole nitrogens is 2. The number of fused-ring (bicyclic) bond motifs is 1. The lowest BCUT2D eigenvalue weighted by atomic mass is 9.95. The van der Waals surface area contributed by atoms with Crippen LogP contribution in [0.4, 0.5) is 0 Å². The molecule has 0 fully saturated rings. The third-order valence-electron chi connectivity index (χ3n) is 18.2. The summed E-state index contributed by atoms with van der Waals surface area (Å²) in [7, 11) is 0. The quantitative estimate of drug-likeness (QED) is 0.0253. The molecule has 33 heteroatoms. The number of hydrogen-bond acceptors (Lipinski definition) is 18. The Balaban J connectivity index is 1.62. The molecule has 0 aliphatic heterocycles. The number of benzene rings is 2. The first-order valence-electron chi connectivity index (χ1n) is 37.1. The first kappa shape index (κ1) is 89.5. The van der Waals surface area contributed by atoms with Gasteiger partial charge in [-0.2, -0.15) is 0 Å². The summed E-state index contributed by atoms with van der Waals surface area (Å²) in [6.07, 6.45) is 6.98. The second-order valence-electron chi connectivity index (χ2n) is 28.5. The zero-order valence-electron chi connectivity index (χ0n) is 63.0. The number of amides is 12. The number of nitrogens with one attached hydrogen (secondary N) is 13. The molecule has 24 N–H and O–H groups in total. The standard InChI is InChI=1S/C74H117N19O14/c1-9-45(8)63(93-71(103)56(34-43(4)5)89-69(101)58(36-47-38-81-51-25-14-13-23-49(47)51)84-61(95)40-82-72(104)62(44(6)7)92-64(96)50(78)24-15-18-30-75)73(105)86-53(28-29-60(79)94)66(98)88-55(33-42(2)3)67(99)90-57(35-46-21-11-10-12-22-46)68(100)91-59(37-48-39-80-41-83-48)70(102)85-52(26-16-19-31-76)65(97)87-54(74(106)107)27-17-20-32-77/h10-14,21-23,25,38-39,41-45,50,52-59,62-63,81H,9,15-20,24,26-37,40,75-78H2,1-8H3,(H2,79,94)(H,80,83)(H,82,104)(H,84,95)(H,85,102)(H,86,105)(H,87,97)(H,88,98)(H,89,101)(H,90,99)(H,91,100)(H,92,96)(H,93,103)(H,106,107)/t45-,50-,52-,53-,54-,55-,56-,57-,58-,59-,62-,63-/m0/s1. The lowest BCUT2D eigenvalue weighted by Gasteiger charge is -2.30. The molecule has 0 aliphatic rings. The highest BCUT2D eigenvalue weighted by atomic mass is 16.4. The maximum Gasteiger partial charge on any atom is 0.326 e. The molecule has 12 amide bonds. The van der Waals surface area contributed by atoms with Crippen LogP contribution in [0.2, 0.25) is 0 Å². The molecule has 107 heavy (non-hydrogen) atoms. The van der Waals surface area contributed by atoms with Crippen molar-refractivity contribution in [3.8, 4) is 0 Å². The van der Waals surface area contributed by atoms with Crippen molar-refractivity contribution in [2.24, 2.45) is 52.3 Å². The molecular weight excluding hydrogens is 1380 g/mol. The zero-order chi connectivity index (χ0) is 79.3. The Morgan fingerprint density at radius 1 is 0.477 bits per heavy atom. The SMILES string of the molecule is CC[C@H](C)[C@H](NC(=O)[C@H](CC(C)C)NC(=O)[C@H](Cc1c[nH]c2ccccc12)NC(=O)CNC(=O)[C@@H](NC(=O)[C@@H](N)CCCCN)C(C)C)C(=O)N[C@@H](CCC(N)=O)C(=O)N[C@@H](CC(C)C)C(=O)N[C@@H](Cc1ccccc1)C(=O)N[C@@H](Cc1cnc[nH]1)C(=O)N[C@@H](CCCCN)C(=O)N[C@@H](CCCCN)C(=O)O. The van der Waals surface area contributed by atoms with E-state index in [9.17, 15) is 67.4 Å². The predicted molar refractivity (Wildman–Crippen MR) is 403 cm³/mol. The van der Waals surface area contributed by atoms with Gasteiger partial charge in [0.25, 0.3) is 0 Å². The molecule has 0 spiro atoms. The van der Waals surface area contributed by atoms with E-state index in [0.29, 0.717) is 81.3 Å². The highest BCUT2D eigenvalue weighted by Crippen LogP contribution is 2.21. The minimum absolute atomic E-state index is 0.0261. The Bertz CT molecular complexity index is 3520. The number of unbranched alkanes of at least 4 members (excludes halogenated alkanes) is 3. The van der Waals surface area contributed by atoms with Gasteiger partial charge in [-0.1, -0.05) is 117 Å². The third-order valence-corrected chi connectivity index (χ3v) is 18.2. The van der Waals surface area contributed by atoms with Crippen molar-refractivity contribution in [3.05, 3.63) is 90.1 Å². The highest BCUT2D eigenvalue weighted by Gasteiger charge is 2.38. The van der Waals surface area contributed by atoms with Crippen molar-refractivity contribution in [2.45, 2.75) is 231 Å². The van der Waals surface area contributed by atoms with Gasteiger partial charge in [-0.25, -0.2) is 9.78 Å². The largest absolute Gasteiger partial charge is 0.480 e. The van der Waals surface area contributed by atoms with E-state index in [2.05, 4.69) is 73.4 Å². The zero-order valence-corrected chi connectivity index (χ0v) is 63.0. The fourth-order valence-corrected chi connectivity index (χ4v) is 11.9. The van der Waals surface area contributed by atoms with Crippen molar-refractivity contribution >= 4 is 87.8 Å². The molecule has 0 bridgehead atoms. The maximum atomic E-state index is 14.8. The number of carboxylic acids is 1. The van der Waals surface area contributed by atoms with Crippen LogP contribution >= 0.6 is 0 Å². The van der Waals surface area contributed by atoms with E-state index < -0.39 is 168 Å². The molecule has 2 aromatic carbocycles. The Hall–Kier alpha value is -9.86. The number of carboxylic acid groups (broad SMARTS) is 1. The number of aromatic nitrogens is 3. The summed E-state index contributed by atoms with van der Waals surface area (Å²) in [5.41, 5.74) is 31.1. The van der Waals surface area contributed by atoms with Crippen molar-refractivity contribution in [3.63, 3.8) is 0 Å². The van der Waals surface area contributed by atoms with Gasteiger partial charge < -0.3 is 102 Å². The molecule has 0 saturated carbocycles. The smallest absolute Gasteiger partial charge is 0.326 e. The summed E-state index contributed by atoms with van der Waals surface area (Å²) in [5.74, 6) is -12.5. The second-order valence-corrected chi connectivity index (χ2v) is 28.5. The number of para-hydroxylation sites is 1. The summed E-state index contributed by atoms with van der Waals surface area (Å²) < 4.78 is 0. The van der Waals surface area contributed by atoms with E-state index in [4.69, 9.17) is 28.7 Å². The molecule has 0 radical (unpaired) electrons. The average molecular weight is 1500 g/mol. The van der Waals surface area contributed by atoms with Crippen molar-refractivity contribution < 1.29 is 67.4 Å². The van der Waals surface area contributed by atoms with Gasteiger partial charge in [0.1, 0.15) is 60.4 Å². The van der Waals surface area contributed by atoms with Gasteiger partial charge >= 0.3 is 5.97 Å². The van der Waals surface area contributed by atoms with E-state index in [1.807, 2.05) is 18.2 Å². The van der Waals surface area contributed by atoms with Gasteiger partial charge in [-0.3, -0.25) is 57.5 Å². The van der Waals surface area contributed by atoms with Crippen molar-refractivity contribution in [1.82, 2.24) is 73.4 Å². The summed E-state index contributed by atoms with van der Waals surface area (Å²) >= 11 is 0. The number of nitrogens with zero attached hydrogens (tertiary/aromatic N) is 1. The fraction of sp³-hybridized carbons (Fsp3) is 0.595.